The third-order valence-corrected chi connectivity index (χ3v) is 7.31. The molecule has 0 radical (unpaired) electrons. The molecule has 3 aromatic rings. The normalized spacial score (nSPS) is 12.8. The molecule has 27 heavy (non-hydrogen) atoms. The van der Waals surface area contributed by atoms with E-state index in [1.807, 2.05) is 37.3 Å². The third kappa shape index (κ3) is 5.64. The van der Waals surface area contributed by atoms with Crippen LogP contribution in [-0.2, 0) is 16.6 Å². The summed E-state index contributed by atoms with van der Waals surface area (Å²) in [6.07, 6.45) is 0. The van der Waals surface area contributed by atoms with Gasteiger partial charge in [0.05, 0.1) is 10.4 Å². The summed E-state index contributed by atoms with van der Waals surface area (Å²) in [6, 6.07) is 20.5. The Balaban J connectivity index is 1.72. The second-order valence-corrected chi connectivity index (χ2v) is 9.92. The molecule has 0 saturated heterocycles. The molecular formula is C20H21ClN2O2S2. The molecule has 0 spiro atoms. The van der Waals surface area contributed by atoms with Crippen molar-refractivity contribution in [3.05, 3.63) is 87.8 Å². The van der Waals surface area contributed by atoms with Gasteiger partial charge in [0.15, 0.2) is 0 Å². The lowest BCUT2D eigenvalue weighted by Crippen LogP contribution is -2.35. The van der Waals surface area contributed by atoms with Crippen LogP contribution in [0.25, 0.3) is 0 Å². The highest BCUT2D eigenvalue weighted by molar-refractivity contribution is 7.91. The van der Waals surface area contributed by atoms with Crippen LogP contribution in [0.15, 0.2) is 70.9 Å². The Morgan fingerprint density at radius 2 is 1.70 bits per heavy atom. The van der Waals surface area contributed by atoms with E-state index in [1.165, 1.54) is 11.6 Å². The van der Waals surface area contributed by atoms with E-state index in [4.69, 9.17) is 11.6 Å². The number of sulfonamides is 1. The first-order chi connectivity index (χ1) is 12.9. The molecule has 0 unspecified atom stereocenters. The first-order valence-electron chi connectivity index (χ1n) is 8.53. The maximum Gasteiger partial charge on any atom is 0.250 e. The second-order valence-electron chi connectivity index (χ2n) is 6.26. The van der Waals surface area contributed by atoms with Crippen molar-refractivity contribution in [3.63, 3.8) is 0 Å². The number of hydrogen-bond donors (Lipinski definition) is 2. The smallest absolute Gasteiger partial charge is 0.250 e. The van der Waals surface area contributed by atoms with Gasteiger partial charge in [0.1, 0.15) is 4.21 Å². The van der Waals surface area contributed by atoms with E-state index >= 15 is 0 Å². The highest BCUT2D eigenvalue weighted by atomic mass is 35.5. The lowest BCUT2D eigenvalue weighted by molar-refractivity contribution is 0.529. The highest BCUT2D eigenvalue weighted by Crippen LogP contribution is 2.27. The zero-order valence-corrected chi connectivity index (χ0v) is 17.2. The Morgan fingerprint density at radius 3 is 2.33 bits per heavy atom. The standard InChI is InChI=1S/C20H21ClN2O2S2/c1-15-7-9-16(10-8-15)13-22-14-18(17-5-3-2-4-6-17)23-27(24,25)20-12-11-19(21)26-20/h2-12,18,22-23H,13-14H2,1H3/t18-/m1/s1. The first-order valence-corrected chi connectivity index (χ1v) is 11.2. The van der Waals surface area contributed by atoms with Crippen LogP contribution in [0.3, 0.4) is 0 Å². The molecule has 0 bridgehead atoms. The highest BCUT2D eigenvalue weighted by Gasteiger charge is 2.22. The van der Waals surface area contributed by atoms with E-state index in [0.717, 1.165) is 22.5 Å². The molecule has 1 atom stereocenters. The van der Waals surface area contributed by atoms with Crippen LogP contribution in [0.1, 0.15) is 22.7 Å². The van der Waals surface area contributed by atoms with Crippen LogP contribution >= 0.6 is 22.9 Å². The number of rotatable bonds is 8. The topological polar surface area (TPSA) is 58.2 Å². The van der Waals surface area contributed by atoms with E-state index in [1.54, 1.807) is 6.07 Å². The van der Waals surface area contributed by atoms with Gasteiger partial charge in [-0.1, -0.05) is 71.8 Å². The predicted octanol–water partition coefficient (Wildman–Crippen LogP) is 4.52. The van der Waals surface area contributed by atoms with Gasteiger partial charge in [-0.15, -0.1) is 11.3 Å². The Labute approximate surface area is 169 Å². The van der Waals surface area contributed by atoms with Crippen molar-refractivity contribution >= 4 is 33.0 Å². The summed E-state index contributed by atoms with van der Waals surface area (Å²) < 4.78 is 28.9. The molecule has 2 aromatic carbocycles. The van der Waals surface area contributed by atoms with Gasteiger partial charge in [0.2, 0.25) is 0 Å². The molecule has 0 saturated carbocycles. The lowest BCUT2D eigenvalue weighted by atomic mass is 10.1. The number of halogens is 1. The van der Waals surface area contributed by atoms with Crippen LogP contribution in [0.2, 0.25) is 4.34 Å². The Hall–Kier alpha value is -1.70. The number of aryl methyl sites for hydroxylation is 1. The molecule has 3 rings (SSSR count). The van der Waals surface area contributed by atoms with Gasteiger partial charge in [-0.3, -0.25) is 0 Å². The van der Waals surface area contributed by atoms with E-state index in [2.05, 4.69) is 34.3 Å². The molecule has 4 nitrogen and oxygen atoms in total. The van der Waals surface area contributed by atoms with Crippen LogP contribution in [0.5, 0.6) is 0 Å². The van der Waals surface area contributed by atoms with Crippen LogP contribution in [0.4, 0.5) is 0 Å². The molecule has 0 aliphatic heterocycles. The lowest BCUT2D eigenvalue weighted by Gasteiger charge is -2.19. The fraction of sp³-hybridized carbons (Fsp3) is 0.200. The first kappa shape index (κ1) is 20.0. The number of hydrogen-bond acceptors (Lipinski definition) is 4. The number of nitrogens with one attached hydrogen (secondary N) is 2. The van der Waals surface area contributed by atoms with Gasteiger partial charge in [-0.05, 0) is 30.2 Å². The molecule has 0 amide bonds. The van der Waals surface area contributed by atoms with Crippen molar-refractivity contribution in [2.75, 3.05) is 6.54 Å². The van der Waals surface area contributed by atoms with Gasteiger partial charge in [-0.25, -0.2) is 13.1 Å². The predicted molar refractivity (Wildman–Crippen MR) is 112 cm³/mol. The van der Waals surface area contributed by atoms with Crippen molar-refractivity contribution in [2.45, 2.75) is 23.7 Å². The summed E-state index contributed by atoms with van der Waals surface area (Å²) in [7, 11) is -3.64. The number of benzene rings is 2. The van der Waals surface area contributed by atoms with E-state index < -0.39 is 10.0 Å². The molecule has 2 N–H and O–H groups in total. The fourth-order valence-corrected chi connectivity index (χ4v) is 5.39. The summed E-state index contributed by atoms with van der Waals surface area (Å²) in [5.74, 6) is 0. The molecule has 1 heterocycles. The zero-order chi connectivity index (χ0) is 19.3. The molecule has 7 heteroatoms. The number of thiophene rings is 1. The van der Waals surface area contributed by atoms with Crippen molar-refractivity contribution in [3.8, 4) is 0 Å². The van der Waals surface area contributed by atoms with Crippen LogP contribution in [0, 0.1) is 6.92 Å². The van der Waals surface area contributed by atoms with Crippen LogP contribution < -0.4 is 10.0 Å². The second kappa shape index (κ2) is 8.99. The largest absolute Gasteiger partial charge is 0.311 e. The van der Waals surface area contributed by atoms with Gasteiger partial charge < -0.3 is 5.32 Å². The monoisotopic (exact) mass is 420 g/mol. The van der Waals surface area contributed by atoms with Crippen LogP contribution in [-0.4, -0.2) is 15.0 Å². The third-order valence-electron chi connectivity index (χ3n) is 4.11. The minimum atomic E-state index is -3.64. The minimum absolute atomic E-state index is 0.215. The molecule has 0 aliphatic rings. The Kier molecular flexibility index (Phi) is 6.68. The Morgan fingerprint density at radius 1 is 1.00 bits per heavy atom. The van der Waals surface area contributed by atoms with Crippen molar-refractivity contribution in [1.82, 2.24) is 10.0 Å². The van der Waals surface area contributed by atoms with E-state index in [-0.39, 0.29) is 10.3 Å². The average molecular weight is 421 g/mol. The Bertz CT molecular complexity index is 971. The van der Waals surface area contributed by atoms with Crippen molar-refractivity contribution in [1.29, 1.82) is 0 Å². The molecule has 1 aromatic heterocycles. The molecular weight excluding hydrogens is 400 g/mol. The summed E-state index contributed by atoms with van der Waals surface area (Å²) >= 11 is 6.94. The van der Waals surface area contributed by atoms with E-state index in [9.17, 15) is 8.42 Å². The van der Waals surface area contributed by atoms with E-state index in [0.29, 0.717) is 17.4 Å². The molecule has 0 aliphatic carbocycles. The van der Waals surface area contributed by atoms with Crippen molar-refractivity contribution in [2.24, 2.45) is 0 Å². The SMILES string of the molecule is Cc1ccc(CNC[C@@H](NS(=O)(=O)c2ccc(Cl)s2)c2ccccc2)cc1. The quantitative estimate of drug-likeness (QED) is 0.563. The summed E-state index contributed by atoms with van der Waals surface area (Å²) in [5.41, 5.74) is 3.27. The van der Waals surface area contributed by atoms with Gasteiger partial charge in [0, 0.05) is 13.1 Å². The molecule has 0 fully saturated rings. The summed E-state index contributed by atoms with van der Waals surface area (Å²) in [5, 5.41) is 3.35. The maximum atomic E-state index is 12.7. The zero-order valence-electron chi connectivity index (χ0n) is 14.9. The minimum Gasteiger partial charge on any atom is -0.311 e. The van der Waals surface area contributed by atoms with Gasteiger partial charge >= 0.3 is 0 Å². The molecule has 142 valence electrons. The maximum absolute atomic E-state index is 12.7. The van der Waals surface area contributed by atoms with Gasteiger partial charge in [0.25, 0.3) is 10.0 Å². The van der Waals surface area contributed by atoms with Gasteiger partial charge in [-0.2, -0.15) is 0 Å². The summed E-state index contributed by atoms with van der Waals surface area (Å²) in [6.45, 7) is 3.18. The summed E-state index contributed by atoms with van der Waals surface area (Å²) in [4.78, 5) is 0. The average Bonchev–Trinajstić information content (AvgIpc) is 3.11. The fourth-order valence-electron chi connectivity index (χ4n) is 2.67. The van der Waals surface area contributed by atoms with Crippen molar-refractivity contribution < 1.29 is 8.42 Å².